The Kier molecular flexibility index (Phi) is 7.30. The highest BCUT2D eigenvalue weighted by atomic mass is 79.9. The van der Waals surface area contributed by atoms with Gasteiger partial charge in [-0.2, -0.15) is 0 Å². The fraction of sp³-hybridized carbons (Fsp3) is 0.667. The zero-order valence-corrected chi connectivity index (χ0v) is 12.6. The molecule has 1 rings (SSSR count). The lowest BCUT2D eigenvalue weighted by molar-refractivity contribution is 0.153. The number of unbranched alkanes of at least 4 members (excludes halogenated alkanes) is 1. The van der Waals surface area contributed by atoms with Gasteiger partial charge in [0.05, 0.1) is 12.6 Å². The van der Waals surface area contributed by atoms with E-state index in [1.807, 2.05) is 0 Å². The summed E-state index contributed by atoms with van der Waals surface area (Å²) in [6.07, 6.45) is 2.30. The van der Waals surface area contributed by atoms with Crippen LogP contribution >= 0.6 is 27.3 Å². The van der Waals surface area contributed by atoms with Gasteiger partial charge in [0.15, 0.2) is 0 Å². The molecule has 0 saturated carbocycles. The van der Waals surface area contributed by atoms with Crippen molar-refractivity contribution in [1.82, 2.24) is 4.90 Å². The van der Waals surface area contributed by atoms with E-state index in [4.69, 9.17) is 10.8 Å². The molecular weight excluding hydrogens is 300 g/mol. The third-order valence-corrected chi connectivity index (χ3v) is 4.56. The average molecular weight is 321 g/mol. The number of halogens is 1. The van der Waals surface area contributed by atoms with Gasteiger partial charge in [0.25, 0.3) is 0 Å². The molecule has 0 saturated heterocycles. The molecule has 17 heavy (non-hydrogen) atoms. The number of aliphatic hydroxyl groups excluding tert-OH is 1. The number of thiophene rings is 1. The molecule has 1 heterocycles. The van der Waals surface area contributed by atoms with Crippen molar-refractivity contribution in [3.63, 3.8) is 0 Å². The summed E-state index contributed by atoms with van der Waals surface area (Å²) < 4.78 is 1.11. The lowest BCUT2D eigenvalue weighted by atomic mass is 10.2. The van der Waals surface area contributed by atoms with E-state index in [1.165, 1.54) is 4.88 Å². The van der Waals surface area contributed by atoms with Crippen LogP contribution in [0.5, 0.6) is 0 Å². The first-order valence-corrected chi connectivity index (χ1v) is 7.69. The van der Waals surface area contributed by atoms with Crippen molar-refractivity contribution in [2.45, 2.75) is 25.8 Å². The number of rotatable bonds is 8. The van der Waals surface area contributed by atoms with Gasteiger partial charge < -0.3 is 10.8 Å². The summed E-state index contributed by atoms with van der Waals surface area (Å²) in [5, 5.41) is 11.2. The number of aliphatic hydroxyl groups is 1. The van der Waals surface area contributed by atoms with Gasteiger partial charge in [0.1, 0.15) is 0 Å². The lowest BCUT2D eigenvalue weighted by Crippen LogP contribution is -2.36. The third-order valence-electron chi connectivity index (χ3n) is 2.77. The molecule has 3 nitrogen and oxygen atoms in total. The highest BCUT2D eigenvalue weighted by molar-refractivity contribution is 9.10. The topological polar surface area (TPSA) is 49.5 Å². The minimum atomic E-state index is 0.187. The van der Waals surface area contributed by atoms with Crippen molar-refractivity contribution < 1.29 is 5.11 Å². The number of nitrogens with two attached hydrogens (primary N) is 1. The van der Waals surface area contributed by atoms with Crippen molar-refractivity contribution in [2.75, 3.05) is 26.2 Å². The Morgan fingerprint density at radius 2 is 2.29 bits per heavy atom. The van der Waals surface area contributed by atoms with Crippen LogP contribution < -0.4 is 5.73 Å². The molecule has 1 aromatic heterocycles. The number of hydrogen-bond donors (Lipinski definition) is 2. The Morgan fingerprint density at radius 1 is 1.53 bits per heavy atom. The quantitative estimate of drug-likeness (QED) is 0.774. The molecule has 0 bridgehead atoms. The summed E-state index contributed by atoms with van der Waals surface area (Å²) in [7, 11) is 0. The predicted octanol–water partition coefficient (Wildman–Crippen LogP) is 2.60. The van der Waals surface area contributed by atoms with Crippen LogP contribution in [0.3, 0.4) is 0 Å². The molecule has 1 aromatic rings. The Balaban J connectivity index is 2.73. The van der Waals surface area contributed by atoms with E-state index in [9.17, 15) is 0 Å². The molecule has 3 N–H and O–H groups in total. The molecule has 1 atom stereocenters. The minimum absolute atomic E-state index is 0.187. The van der Waals surface area contributed by atoms with Gasteiger partial charge in [-0.3, -0.25) is 4.90 Å². The fourth-order valence-corrected chi connectivity index (χ4v) is 3.45. The number of hydrogen-bond acceptors (Lipinski definition) is 4. The van der Waals surface area contributed by atoms with Gasteiger partial charge in [-0.1, -0.05) is 13.3 Å². The van der Waals surface area contributed by atoms with Gasteiger partial charge in [-0.15, -0.1) is 11.3 Å². The smallest absolute Gasteiger partial charge is 0.0565 e. The van der Waals surface area contributed by atoms with E-state index in [0.717, 1.165) is 23.9 Å². The van der Waals surface area contributed by atoms with Crippen molar-refractivity contribution in [1.29, 1.82) is 0 Å². The molecule has 5 heteroatoms. The molecule has 0 spiro atoms. The van der Waals surface area contributed by atoms with Gasteiger partial charge in [-0.25, -0.2) is 0 Å². The van der Waals surface area contributed by atoms with E-state index < -0.39 is 0 Å². The second kappa shape index (κ2) is 8.21. The first-order chi connectivity index (χ1) is 8.22. The van der Waals surface area contributed by atoms with Gasteiger partial charge in [0.2, 0.25) is 0 Å². The van der Waals surface area contributed by atoms with Crippen LogP contribution in [-0.2, 0) is 0 Å². The SMILES string of the molecule is CCCCN(CCO)C(CN)c1cc(Br)cs1. The Bertz CT molecular complexity index is 319. The molecule has 0 aromatic carbocycles. The highest BCUT2D eigenvalue weighted by Crippen LogP contribution is 2.29. The predicted molar refractivity (Wildman–Crippen MR) is 77.4 cm³/mol. The number of nitrogens with zero attached hydrogens (tertiary/aromatic N) is 1. The summed E-state index contributed by atoms with van der Waals surface area (Å²) >= 11 is 5.19. The van der Waals surface area contributed by atoms with E-state index in [1.54, 1.807) is 11.3 Å². The molecule has 1 unspecified atom stereocenters. The second-order valence-electron chi connectivity index (χ2n) is 4.03. The van der Waals surface area contributed by atoms with Gasteiger partial charge in [-0.05, 0) is 35.0 Å². The molecule has 0 fully saturated rings. The van der Waals surface area contributed by atoms with Crippen molar-refractivity contribution >= 4 is 27.3 Å². The molecule has 0 aliphatic heterocycles. The van der Waals surface area contributed by atoms with Gasteiger partial charge >= 0.3 is 0 Å². The largest absolute Gasteiger partial charge is 0.395 e. The van der Waals surface area contributed by atoms with E-state index >= 15 is 0 Å². The average Bonchev–Trinajstić information content (AvgIpc) is 2.73. The minimum Gasteiger partial charge on any atom is -0.395 e. The second-order valence-corrected chi connectivity index (χ2v) is 5.89. The van der Waals surface area contributed by atoms with Crippen molar-refractivity contribution in [2.24, 2.45) is 5.73 Å². The monoisotopic (exact) mass is 320 g/mol. The lowest BCUT2D eigenvalue weighted by Gasteiger charge is -2.29. The first-order valence-electron chi connectivity index (χ1n) is 6.01. The summed E-state index contributed by atoms with van der Waals surface area (Å²) in [6.45, 7) is 4.64. The van der Waals surface area contributed by atoms with Crippen LogP contribution in [-0.4, -0.2) is 36.2 Å². The van der Waals surface area contributed by atoms with Crippen LogP contribution in [0.2, 0.25) is 0 Å². The molecular formula is C12H21BrN2OS. The highest BCUT2D eigenvalue weighted by Gasteiger charge is 2.19. The van der Waals surface area contributed by atoms with Crippen LogP contribution in [0.4, 0.5) is 0 Å². The maximum Gasteiger partial charge on any atom is 0.0565 e. The summed E-state index contributed by atoms with van der Waals surface area (Å²) in [5.41, 5.74) is 5.89. The molecule has 0 radical (unpaired) electrons. The molecule has 0 aliphatic rings. The molecule has 0 aliphatic carbocycles. The van der Waals surface area contributed by atoms with Crippen molar-refractivity contribution in [3.8, 4) is 0 Å². The maximum absolute atomic E-state index is 9.14. The van der Waals surface area contributed by atoms with E-state index in [-0.39, 0.29) is 12.6 Å². The van der Waals surface area contributed by atoms with Crippen LogP contribution in [0.15, 0.2) is 15.9 Å². The first kappa shape index (κ1) is 15.1. The molecule has 0 amide bonds. The van der Waals surface area contributed by atoms with E-state index in [0.29, 0.717) is 13.1 Å². The Morgan fingerprint density at radius 3 is 2.76 bits per heavy atom. The van der Waals surface area contributed by atoms with Crippen molar-refractivity contribution in [3.05, 3.63) is 20.8 Å². The summed E-state index contributed by atoms with van der Waals surface area (Å²) in [5.74, 6) is 0. The van der Waals surface area contributed by atoms with Crippen LogP contribution in [0.25, 0.3) is 0 Å². The Labute approximate surface area is 116 Å². The normalized spacial score (nSPS) is 13.2. The van der Waals surface area contributed by atoms with Crippen LogP contribution in [0.1, 0.15) is 30.7 Å². The maximum atomic E-state index is 9.14. The summed E-state index contributed by atoms with van der Waals surface area (Å²) in [4.78, 5) is 3.55. The van der Waals surface area contributed by atoms with Crippen LogP contribution in [0, 0.1) is 0 Å². The standard InChI is InChI=1S/C12H21BrN2OS/c1-2-3-4-15(5-6-16)11(8-14)12-7-10(13)9-17-12/h7,9,11,16H,2-6,8,14H2,1H3. The van der Waals surface area contributed by atoms with E-state index in [2.05, 4.69) is 39.2 Å². The summed E-state index contributed by atoms with van der Waals surface area (Å²) in [6, 6.07) is 2.35. The fourth-order valence-electron chi connectivity index (χ4n) is 1.86. The zero-order chi connectivity index (χ0) is 12.7. The zero-order valence-electron chi connectivity index (χ0n) is 10.2. The third kappa shape index (κ3) is 4.67. The Hall–Kier alpha value is 0.0600. The van der Waals surface area contributed by atoms with Gasteiger partial charge in [0, 0.05) is 27.8 Å². The molecule has 98 valence electrons.